The number of aryl methyl sites for hydroxylation is 2. The van der Waals surface area contributed by atoms with Crippen molar-refractivity contribution in [2.24, 2.45) is 0 Å². The highest BCUT2D eigenvalue weighted by Gasteiger charge is 2.36. The molecule has 0 radical (unpaired) electrons. The van der Waals surface area contributed by atoms with E-state index in [2.05, 4.69) is 15.1 Å². The molecule has 2 aliphatic rings. The lowest BCUT2D eigenvalue weighted by molar-refractivity contribution is 0.0705. The summed E-state index contributed by atoms with van der Waals surface area (Å²) in [7, 11) is 1.56. The highest BCUT2D eigenvalue weighted by atomic mass is 16.5. The Kier molecular flexibility index (Phi) is 4.38. The number of hydrogen-bond acceptors (Lipinski definition) is 6. The van der Waals surface area contributed by atoms with Crippen molar-refractivity contribution in [3.8, 4) is 5.88 Å². The Morgan fingerprint density at radius 3 is 2.88 bits per heavy atom. The zero-order valence-electron chi connectivity index (χ0n) is 15.5. The van der Waals surface area contributed by atoms with Gasteiger partial charge in [-0.1, -0.05) is 19.0 Å². The van der Waals surface area contributed by atoms with E-state index < -0.39 is 0 Å². The normalized spacial score (nSPS) is 19.2. The number of ether oxygens (including phenoxy) is 1. The molecule has 7 nitrogen and oxygen atoms in total. The molecule has 1 fully saturated rings. The molecule has 0 N–H and O–H groups in total. The van der Waals surface area contributed by atoms with Gasteiger partial charge in [0.05, 0.1) is 7.11 Å². The summed E-state index contributed by atoms with van der Waals surface area (Å²) in [6.45, 7) is 4.71. The SMILES string of the molecule is COc1nc2c(cc1C(=O)N1CCCC1c1nc(C(C)C)no1)CCC2. The molecule has 1 unspecified atom stereocenters. The minimum absolute atomic E-state index is 0.0733. The summed E-state index contributed by atoms with van der Waals surface area (Å²) in [5, 5.41) is 4.05. The van der Waals surface area contributed by atoms with Gasteiger partial charge in [0.2, 0.25) is 11.8 Å². The van der Waals surface area contributed by atoms with Gasteiger partial charge in [0, 0.05) is 18.2 Å². The predicted molar refractivity (Wildman–Crippen MR) is 94.2 cm³/mol. The summed E-state index contributed by atoms with van der Waals surface area (Å²) in [5.41, 5.74) is 2.74. The zero-order valence-corrected chi connectivity index (χ0v) is 15.5. The average molecular weight is 356 g/mol. The fraction of sp³-hybridized carbons (Fsp3) is 0.579. The smallest absolute Gasteiger partial charge is 0.260 e. The Morgan fingerprint density at radius 1 is 1.31 bits per heavy atom. The van der Waals surface area contributed by atoms with Crippen LogP contribution in [0.15, 0.2) is 10.6 Å². The van der Waals surface area contributed by atoms with Crippen molar-refractivity contribution in [1.82, 2.24) is 20.0 Å². The van der Waals surface area contributed by atoms with Gasteiger partial charge in [-0.2, -0.15) is 4.98 Å². The molecule has 26 heavy (non-hydrogen) atoms. The van der Waals surface area contributed by atoms with Crippen LogP contribution in [0.25, 0.3) is 0 Å². The summed E-state index contributed by atoms with van der Waals surface area (Å²) in [6, 6.07) is 1.78. The van der Waals surface area contributed by atoms with E-state index in [0.717, 1.165) is 43.4 Å². The third-order valence-corrected chi connectivity index (χ3v) is 5.21. The molecule has 3 heterocycles. The minimum Gasteiger partial charge on any atom is -0.480 e. The number of aromatic nitrogens is 3. The molecule has 2 aromatic rings. The van der Waals surface area contributed by atoms with Gasteiger partial charge >= 0.3 is 0 Å². The van der Waals surface area contributed by atoms with Crippen LogP contribution in [0.4, 0.5) is 0 Å². The van der Waals surface area contributed by atoms with E-state index in [1.54, 1.807) is 7.11 Å². The van der Waals surface area contributed by atoms with Crippen LogP contribution in [-0.4, -0.2) is 39.6 Å². The number of hydrogen-bond donors (Lipinski definition) is 0. The van der Waals surface area contributed by atoms with Gasteiger partial charge in [-0.15, -0.1) is 0 Å². The van der Waals surface area contributed by atoms with Crippen LogP contribution in [0, 0.1) is 0 Å². The molecule has 0 bridgehead atoms. The molecule has 4 rings (SSSR count). The van der Waals surface area contributed by atoms with Crippen LogP contribution in [-0.2, 0) is 12.8 Å². The maximum atomic E-state index is 13.3. The summed E-state index contributed by atoms with van der Waals surface area (Å²) in [5.74, 6) is 1.73. The summed E-state index contributed by atoms with van der Waals surface area (Å²) < 4.78 is 10.9. The molecule has 2 aromatic heterocycles. The monoisotopic (exact) mass is 356 g/mol. The second-order valence-electron chi connectivity index (χ2n) is 7.31. The fourth-order valence-electron chi connectivity index (χ4n) is 3.80. The van der Waals surface area contributed by atoms with Gasteiger partial charge in [0.15, 0.2) is 5.82 Å². The first-order chi connectivity index (χ1) is 12.6. The number of amides is 1. The third-order valence-electron chi connectivity index (χ3n) is 5.21. The van der Waals surface area contributed by atoms with Crippen LogP contribution in [0.3, 0.4) is 0 Å². The number of rotatable bonds is 4. The molecule has 0 aromatic carbocycles. The number of nitrogens with zero attached hydrogens (tertiary/aromatic N) is 4. The number of pyridine rings is 1. The van der Waals surface area contributed by atoms with Gasteiger partial charge < -0.3 is 14.2 Å². The quantitative estimate of drug-likeness (QED) is 0.837. The molecule has 0 saturated carbocycles. The number of methoxy groups -OCH3 is 1. The minimum atomic E-state index is -0.180. The highest BCUT2D eigenvalue weighted by molar-refractivity contribution is 5.97. The van der Waals surface area contributed by atoms with Crippen LogP contribution >= 0.6 is 0 Å². The first-order valence-electron chi connectivity index (χ1n) is 9.29. The van der Waals surface area contributed by atoms with E-state index >= 15 is 0 Å². The Morgan fingerprint density at radius 2 is 2.15 bits per heavy atom. The first-order valence-corrected chi connectivity index (χ1v) is 9.29. The number of fused-ring (bicyclic) bond motifs is 1. The van der Waals surface area contributed by atoms with Crippen molar-refractivity contribution in [2.45, 2.75) is 57.9 Å². The van der Waals surface area contributed by atoms with Crippen LogP contribution in [0.2, 0.25) is 0 Å². The lowest BCUT2D eigenvalue weighted by atomic mass is 10.1. The van der Waals surface area contributed by atoms with Gasteiger partial charge in [-0.3, -0.25) is 4.79 Å². The molecular formula is C19H24N4O3. The fourth-order valence-corrected chi connectivity index (χ4v) is 3.80. The van der Waals surface area contributed by atoms with Crippen LogP contribution < -0.4 is 4.74 Å². The average Bonchev–Trinajstić information content (AvgIpc) is 3.38. The maximum Gasteiger partial charge on any atom is 0.260 e. The molecule has 1 aliphatic carbocycles. The van der Waals surface area contributed by atoms with Crippen molar-refractivity contribution < 1.29 is 14.1 Å². The van der Waals surface area contributed by atoms with Crippen LogP contribution in [0.1, 0.15) is 78.4 Å². The largest absolute Gasteiger partial charge is 0.480 e. The van der Waals surface area contributed by atoms with E-state index in [1.165, 1.54) is 0 Å². The van der Waals surface area contributed by atoms with E-state index in [1.807, 2.05) is 24.8 Å². The van der Waals surface area contributed by atoms with E-state index in [-0.39, 0.29) is 17.9 Å². The Balaban J connectivity index is 1.64. The van der Waals surface area contributed by atoms with Crippen molar-refractivity contribution in [3.63, 3.8) is 0 Å². The van der Waals surface area contributed by atoms with Gasteiger partial charge in [-0.25, -0.2) is 4.98 Å². The maximum absolute atomic E-state index is 13.3. The zero-order chi connectivity index (χ0) is 18.3. The molecule has 7 heteroatoms. The van der Waals surface area contributed by atoms with Gasteiger partial charge in [0.25, 0.3) is 5.91 Å². The van der Waals surface area contributed by atoms with Crippen molar-refractivity contribution >= 4 is 5.91 Å². The molecule has 1 atom stereocenters. The standard InChI is InChI=1S/C19H24N4O3/c1-11(2)16-21-18(26-22-16)15-8-5-9-23(15)19(24)13-10-12-6-4-7-14(12)20-17(13)25-3/h10-11,15H,4-9H2,1-3H3. The van der Waals surface area contributed by atoms with E-state index in [0.29, 0.717) is 29.7 Å². The van der Waals surface area contributed by atoms with Crippen molar-refractivity contribution in [2.75, 3.05) is 13.7 Å². The molecule has 1 saturated heterocycles. The number of carbonyl (C=O) groups is 1. The highest BCUT2D eigenvalue weighted by Crippen LogP contribution is 2.35. The second-order valence-corrected chi connectivity index (χ2v) is 7.31. The van der Waals surface area contributed by atoms with Gasteiger partial charge in [0.1, 0.15) is 11.6 Å². The predicted octanol–water partition coefficient (Wildman–Crippen LogP) is 3.06. The summed E-state index contributed by atoms with van der Waals surface area (Å²) >= 11 is 0. The topological polar surface area (TPSA) is 81.4 Å². The van der Waals surface area contributed by atoms with Gasteiger partial charge in [-0.05, 0) is 43.7 Å². The molecule has 1 amide bonds. The second kappa shape index (κ2) is 6.70. The molecule has 1 aliphatic heterocycles. The Bertz CT molecular complexity index is 830. The first kappa shape index (κ1) is 17.0. The molecular weight excluding hydrogens is 332 g/mol. The third kappa shape index (κ3) is 2.85. The molecule has 138 valence electrons. The van der Waals surface area contributed by atoms with E-state index in [9.17, 15) is 4.79 Å². The van der Waals surface area contributed by atoms with E-state index in [4.69, 9.17) is 9.26 Å². The Hall–Kier alpha value is -2.44. The summed E-state index contributed by atoms with van der Waals surface area (Å²) in [6.07, 6.45) is 4.74. The van der Waals surface area contributed by atoms with Crippen molar-refractivity contribution in [3.05, 3.63) is 34.6 Å². The number of likely N-dealkylation sites (tertiary alicyclic amines) is 1. The number of carbonyl (C=O) groups excluding carboxylic acids is 1. The molecule has 0 spiro atoms. The van der Waals surface area contributed by atoms with Crippen LogP contribution in [0.5, 0.6) is 5.88 Å². The van der Waals surface area contributed by atoms with Crippen molar-refractivity contribution in [1.29, 1.82) is 0 Å². The summed E-state index contributed by atoms with van der Waals surface area (Å²) in [4.78, 5) is 24.2. The lowest BCUT2D eigenvalue weighted by Crippen LogP contribution is -2.31. The lowest BCUT2D eigenvalue weighted by Gasteiger charge is -2.23. The Labute approximate surface area is 152 Å².